The van der Waals surface area contributed by atoms with Crippen LogP contribution >= 0.6 is 11.8 Å². The number of benzene rings is 2. The number of hydrogen-bond donors (Lipinski definition) is 1. The van der Waals surface area contributed by atoms with Crippen LogP contribution in [0.15, 0.2) is 47.4 Å². The number of nitrogens with zero attached hydrogens (tertiary/aromatic N) is 1. The third-order valence-electron chi connectivity index (χ3n) is 3.96. The molecule has 5 nitrogen and oxygen atoms in total. The number of carbonyl (C=O) groups is 1. The van der Waals surface area contributed by atoms with Crippen LogP contribution in [0.4, 0.5) is 16.2 Å². The Morgan fingerprint density at radius 2 is 1.96 bits per heavy atom. The number of rotatable bonds is 1. The highest BCUT2D eigenvalue weighted by Crippen LogP contribution is 2.38. The van der Waals surface area contributed by atoms with Crippen LogP contribution in [0.25, 0.3) is 0 Å². The monoisotopic (exact) mass is 342 g/mol. The number of urea groups is 1. The summed E-state index contributed by atoms with van der Waals surface area (Å²) in [4.78, 5) is 15.7. The number of hydrogen-bond acceptors (Lipinski definition) is 4. The van der Waals surface area contributed by atoms with Gasteiger partial charge < -0.3 is 14.8 Å². The molecule has 0 bridgehead atoms. The number of thioether (sulfide) groups is 1. The Kier molecular flexibility index (Phi) is 3.98. The SMILES string of the molecule is C[C@H]1CN(C(=O)Nc2ccc3c(c2)OCCO3)c2ccccc2S1. The van der Waals surface area contributed by atoms with E-state index in [9.17, 15) is 4.79 Å². The van der Waals surface area contributed by atoms with Crippen molar-refractivity contribution in [3.05, 3.63) is 42.5 Å². The zero-order valence-electron chi connectivity index (χ0n) is 13.3. The highest BCUT2D eigenvalue weighted by atomic mass is 32.2. The lowest BCUT2D eigenvalue weighted by molar-refractivity contribution is 0.171. The summed E-state index contributed by atoms with van der Waals surface area (Å²) in [6.45, 7) is 3.89. The minimum Gasteiger partial charge on any atom is -0.486 e. The Morgan fingerprint density at radius 3 is 2.83 bits per heavy atom. The highest BCUT2D eigenvalue weighted by Gasteiger charge is 2.27. The fourth-order valence-corrected chi connectivity index (χ4v) is 4.01. The first-order chi connectivity index (χ1) is 11.7. The standard InChI is InChI=1S/C18H18N2O3S/c1-12-11-20(14-4-2-3-5-17(14)24-12)18(21)19-13-6-7-15-16(10-13)23-9-8-22-15/h2-7,10,12H,8-9,11H2,1H3,(H,19,21)/t12-/m0/s1. The molecule has 2 amide bonds. The lowest BCUT2D eigenvalue weighted by Crippen LogP contribution is -2.41. The largest absolute Gasteiger partial charge is 0.486 e. The number of amides is 2. The van der Waals surface area contributed by atoms with Gasteiger partial charge in [-0.3, -0.25) is 4.90 Å². The minimum atomic E-state index is -0.133. The molecule has 0 aromatic heterocycles. The van der Waals surface area contributed by atoms with Gasteiger partial charge in [0.2, 0.25) is 0 Å². The van der Waals surface area contributed by atoms with Crippen molar-refractivity contribution in [3.8, 4) is 11.5 Å². The normalized spacial score (nSPS) is 18.7. The molecule has 2 heterocycles. The third kappa shape index (κ3) is 2.89. The van der Waals surface area contributed by atoms with Crippen LogP contribution in [-0.4, -0.2) is 31.0 Å². The molecule has 0 spiro atoms. The average molecular weight is 342 g/mol. The van der Waals surface area contributed by atoms with Crippen LogP contribution in [0.5, 0.6) is 11.5 Å². The second-order valence-electron chi connectivity index (χ2n) is 5.80. The number of ether oxygens (including phenoxy) is 2. The lowest BCUT2D eigenvalue weighted by atomic mass is 10.2. The van der Waals surface area contributed by atoms with Gasteiger partial charge in [-0.2, -0.15) is 0 Å². The highest BCUT2D eigenvalue weighted by molar-refractivity contribution is 8.00. The van der Waals surface area contributed by atoms with E-state index in [0.717, 1.165) is 10.6 Å². The Bertz CT molecular complexity index is 781. The van der Waals surface area contributed by atoms with Crippen molar-refractivity contribution < 1.29 is 14.3 Å². The molecule has 4 rings (SSSR count). The van der Waals surface area contributed by atoms with Crippen molar-refractivity contribution in [2.75, 3.05) is 30.0 Å². The molecule has 0 fully saturated rings. The van der Waals surface area contributed by atoms with Gasteiger partial charge in [-0.05, 0) is 24.3 Å². The second kappa shape index (κ2) is 6.28. The number of carbonyl (C=O) groups excluding carboxylic acids is 1. The zero-order chi connectivity index (χ0) is 16.5. The summed E-state index contributed by atoms with van der Waals surface area (Å²) in [6.07, 6.45) is 0. The van der Waals surface area contributed by atoms with E-state index in [0.29, 0.717) is 42.2 Å². The van der Waals surface area contributed by atoms with Gasteiger partial charge in [-0.15, -0.1) is 11.8 Å². The lowest BCUT2D eigenvalue weighted by Gasteiger charge is -2.32. The maximum absolute atomic E-state index is 12.8. The van der Waals surface area contributed by atoms with Gasteiger partial charge in [0.25, 0.3) is 0 Å². The van der Waals surface area contributed by atoms with Crippen molar-refractivity contribution in [3.63, 3.8) is 0 Å². The molecule has 24 heavy (non-hydrogen) atoms. The van der Waals surface area contributed by atoms with Crippen molar-refractivity contribution >= 4 is 29.2 Å². The molecule has 0 unspecified atom stereocenters. The molecule has 0 aliphatic carbocycles. The smallest absolute Gasteiger partial charge is 0.326 e. The molecule has 2 aromatic carbocycles. The van der Waals surface area contributed by atoms with Gasteiger partial charge in [-0.1, -0.05) is 19.1 Å². The molecule has 6 heteroatoms. The summed E-state index contributed by atoms with van der Waals surface area (Å²) in [5.74, 6) is 1.38. The molecule has 2 aliphatic rings. The fraction of sp³-hybridized carbons (Fsp3) is 0.278. The van der Waals surface area contributed by atoms with Gasteiger partial charge in [0.1, 0.15) is 13.2 Å². The number of anilines is 2. The first kappa shape index (κ1) is 15.2. The Morgan fingerprint density at radius 1 is 1.17 bits per heavy atom. The van der Waals surface area contributed by atoms with Crippen LogP contribution in [0.1, 0.15) is 6.92 Å². The van der Waals surface area contributed by atoms with Crippen LogP contribution < -0.4 is 19.7 Å². The van der Waals surface area contributed by atoms with E-state index >= 15 is 0 Å². The molecule has 1 atom stereocenters. The van der Waals surface area contributed by atoms with Crippen LogP contribution in [0, 0.1) is 0 Å². The van der Waals surface area contributed by atoms with E-state index in [1.807, 2.05) is 30.3 Å². The van der Waals surface area contributed by atoms with Crippen molar-refractivity contribution in [1.82, 2.24) is 0 Å². The molecule has 0 saturated heterocycles. The van der Waals surface area contributed by atoms with E-state index in [4.69, 9.17) is 9.47 Å². The molecular formula is C18H18N2O3S. The number of nitrogens with one attached hydrogen (secondary N) is 1. The van der Waals surface area contributed by atoms with Gasteiger partial charge in [0.15, 0.2) is 11.5 Å². The predicted octanol–water partition coefficient (Wildman–Crippen LogP) is 3.99. The van der Waals surface area contributed by atoms with Crippen LogP contribution in [0.3, 0.4) is 0 Å². The Hall–Kier alpha value is -2.34. The van der Waals surface area contributed by atoms with Crippen molar-refractivity contribution in [1.29, 1.82) is 0 Å². The van der Waals surface area contributed by atoms with E-state index < -0.39 is 0 Å². The predicted molar refractivity (Wildman–Crippen MR) is 95.6 cm³/mol. The molecule has 124 valence electrons. The molecular weight excluding hydrogens is 324 g/mol. The van der Waals surface area contributed by atoms with Crippen molar-refractivity contribution in [2.45, 2.75) is 17.1 Å². The van der Waals surface area contributed by atoms with Crippen molar-refractivity contribution in [2.24, 2.45) is 0 Å². The first-order valence-electron chi connectivity index (χ1n) is 7.94. The summed E-state index contributed by atoms with van der Waals surface area (Å²) >= 11 is 1.80. The van der Waals surface area contributed by atoms with Crippen LogP contribution in [-0.2, 0) is 0 Å². The molecule has 2 aromatic rings. The molecule has 2 aliphatic heterocycles. The molecule has 1 N–H and O–H groups in total. The van der Waals surface area contributed by atoms with Gasteiger partial charge in [-0.25, -0.2) is 4.79 Å². The van der Waals surface area contributed by atoms with E-state index in [-0.39, 0.29) is 6.03 Å². The molecule has 0 saturated carbocycles. The van der Waals surface area contributed by atoms with E-state index in [1.165, 1.54) is 0 Å². The van der Waals surface area contributed by atoms with Gasteiger partial charge in [0.05, 0.1) is 5.69 Å². The molecule has 0 radical (unpaired) electrons. The number of para-hydroxylation sites is 1. The summed E-state index contributed by atoms with van der Waals surface area (Å²) < 4.78 is 11.1. The summed E-state index contributed by atoms with van der Waals surface area (Å²) in [5, 5.41) is 3.32. The second-order valence-corrected chi connectivity index (χ2v) is 7.28. The van der Waals surface area contributed by atoms with Gasteiger partial charge in [0, 0.05) is 28.4 Å². The minimum absolute atomic E-state index is 0.133. The average Bonchev–Trinajstić information content (AvgIpc) is 2.60. The summed E-state index contributed by atoms with van der Waals surface area (Å²) in [5.41, 5.74) is 1.66. The fourth-order valence-electron chi connectivity index (χ4n) is 2.89. The quantitative estimate of drug-likeness (QED) is 0.851. The maximum Gasteiger partial charge on any atom is 0.326 e. The maximum atomic E-state index is 12.8. The first-order valence-corrected chi connectivity index (χ1v) is 8.82. The summed E-state index contributed by atoms with van der Waals surface area (Å²) in [6, 6.07) is 13.3. The third-order valence-corrected chi connectivity index (χ3v) is 5.11. The van der Waals surface area contributed by atoms with E-state index in [2.05, 4.69) is 18.3 Å². The van der Waals surface area contributed by atoms with E-state index in [1.54, 1.807) is 22.7 Å². The Balaban J connectivity index is 1.56. The number of fused-ring (bicyclic) bond motifs is 2. The topological polar surface area (TPSA) is 50.8 Å². The van der Waals surface area contributed by atoms with Crippen LogP contribution in [0.2, 0.25) is 0 Å². The van der Waals surface area contributed by atoms with Gasteiger partial charge >= 0.3 is 6.03 Å². The summed E-state index contributed by atoms with van der Waals surface area (Å²) in [7, 11) is 0. The zero-order valence-corrected chi connectivity index (χ0v) is 14.1. The Labute approximate surface area is 144 Å².